The van der Waals surface area contributed by atoms with Crippen LogP contribution in [0, 0.1) is 5.92 Å². The highest BCUT2D eigenvalue weighted by atomic mass is 16.5. The Kier molecular flexibility index (Phi) is 8.72. The molecule has 5 nitrogen and oxygen atoms in total. The Labute approximate surface area is 71.5 Å². The summed E-state index contributed by atoms with van der Waals surface area (Å²) < 4.78 is 3.89. The summed E-state index contributed by atoms with van der Waals surface area (Å²) in [4.78, 5) is 19.2. The third kappa shape index (κ3) is 23.3. The molecular weight excluding hydrogens is 162 g/mol. The number of carbonyl (C=O) groups excluding carboxylic acids is 1. The fraction of sp³-hybridized carbons (Fsp3) is 0.714. The van der Waals surface area contributed by atoms with Gasteiger partial charge in [-0.2, -0.15) is 0 Å². The van der Waals surface area contributed by atoms with Crippen molar-refractivity contribution in [2.75, 3.05) is 7.11 Å². The van der Waals surface area contributed by atoms with Crippen LogP contribution in [0.1, 0.15) is 20.3 Å². The van der Waals surface area contributed by atoms with Crippen molar-refractivity contribution in [3.8, 4) is 0 Å². The molecule has 0 aliphatic rings. The summed E-state index contributed by atoms with van der Waals surface area (Å²) in [6, 6.07) is 0. The Morgan fingerprint density at radius 3 is 1.83 bits per heavy atom. The van der Waals surface area contributed by atoms with Gasteiger partial charge in [0.15, 0.2) is 0 Å². The van der Waals surface area contributed by atoms with Gasteiger partial charge >= 0.3 is 12.1 Å². The highest BCUT2D eigenvalue weighted by molar-refractivity contribution is 5.66. The second-order valence-corrected chi connectivity index (χ2v) is 2.51. The molecule has 0 spiro atoms. The van der Waals surface area contributed by atoms with E-state index in [4.69, 9.17) is 5.11 Å². The smallest absolute Gasteiger partial charge is 0.404 e. The van der Waals surface area contributed by atoms with Crippen molar-refractivity contribution in [3.63, 3.8) is 0 Å². The number of carboxylic acids is 1. The minimum absolute atomic E-state index is 0.275. The molecule has 1 amide bonds. The van der Waals surface area contributed by atoms with Crippen molar-refractivity contribution in [1.82, 2.24) is 0 Å². The third-order valence-electron chi connectivity index (χ3n) is 0.784. The average Bonchev–Trinajstić information content (AvgIpc) is 1.85. The number of nitrogens with two attached hydrogens (primary N) is 1. The standard InChI is InChI=1S/C5H10O2.C2H5NO2/c1-4(2)3-5(6)7;1-5-2(3)4/h4H,3H2,1-2H3,(H,6,7);1H3,(H2,3,4). The number of ether oxygens (including phenoxy) is 1. The van der Waals surface area contributed by atoms with Gasteiger partial charge in [-0.15, -0.1) is 0 Å². The highest BCUT2D eigenvalue weighted by Crippen LogP contribution is 1.96. The van der Waals surface area contributed by atoms with Crippen molar-refractivity contribution in [2.45, 2.75) is 20.3 Å². The first-order valence-electron chi connectivity index (χ1n) is 3.45. The van der Waals surface area contributed by atoms with E-state index in [9.17, 15) is 9.59 Å². The maximum Gasteiger partial charge on any atom is 0.404 e. The fourth-order valence-corrected chi connectivity index (χ4v) is 0.349. The number of aliphatic carboxylic acids is 1. The summed E-state index contributed by atoms with van der Waals surface area (Å²) in [5.41, 5.74) is 4.43. The van der Waals surface area contributed by atoms with Crippen molar-refractivity contribution >= 4 is 12.1 Å². The van der Waals surface area contributed by atoms with Crippen LogP contribution in [0.4, 0.5) is 4.79 Å². The zero-order valence-corrected chi connectivity index (χ0v) is 7.53. The maximum absolute atomic E-state index is 9.81. The van der Waals surface area contributed by atoms with E-state index in [-0.39, 0.29) is 12.3 Å². The molecule has 0 bridgehead atoms. The Balaban J connectivity index is 0. The molecule has 0 fully saturated rings. The molecule has 12 heavy (non-hydrogen) atoms. The van der Waals surface area contributed by atoms with Gasteiger partial charge in [0.2, 0.25) is 0 Å². The van der Waals surface area contributed by atoms with Crippen molar-refractivity contribution < 1.29 is 19.4 Å². The van der Waals surface area contributed by atoms with Crippen LogP contribution in [0.3, 0.4) is 0 Å². The quantitative estimate of drug-likeness (QED) is 0.653. The van der Waals surface area contributed by atoms with Crippen molar-refractivity contribution in [1.29, 1.82) is 0 Å². The van der Waals surface area contributed by atoms with E-state index in [0.717, 1.165) is 0 Å². The topological polar surface area (TPSA) is 89.6 Å². The van der Waals surface area contributed by atoms with Crippen LogP contribution in [0.2, 0.25) is 0 Å². The van der Waals surface area contributed by atoms with Gasteiger partial charge in [0, 0.05) is 6.42 Å². The predicted octanol–water partition coefficient (Wildman–Crippen LogP) is 0.829. The van der Waals surface area contributed by atoms with Gasteiger partial charge < -0.3 is 15.6 Å². The molecule has 0 heterocycles. The molecular formula is C7H15NO4. The Hall–Kier alpha value is -1.26. The lowest BCUT2D eigenvalue weighted by atomic mass is 10.1. The first kappa shape index (κ1) is 13.3. The Morgan fingerprint density at radius 1 is 1.50 bits per heavy atom. The van der Waals surface area contributed by atoms with Crippen LogP contribution in [-0.2, 0) is 9.53 Å². The summed E-state index contributed by atoms with van der Waals surface area (Å²) in [5, 5.41) is 8.08. The minimum Gasteiger partial charge on any atom is -0.481 e. The molecule has 0 aromatic carbocycles. The number of methoxy groups -OCH3 is 1. The molecule has 0 aromatic rings. The summed E-state index contributed by atoms with van der Waals surface area (Å²) in [6.07, 6.45) is -0.468. The molecule has 0 aromatic heterocycles. The van der Waals surface area contributed by atoms with Crippen LogP contribution >= 0.6 is 0 Å². The van der Waals surface area contributed by atoms with Crippen LogP contribution in [0.5, 0.6) is 0 Å². The number of rotatable bonds is 2. The number of hydrogen-bond acceptors (Lipinski definition) is 3. The zero-order valence-electron chi connectivity index (χ0n) is 7.53. The molecule has 0 saturated carbocycles. The Morgan fingerprint density at radius 2 is 1.83 bits per heavy atom. The number of primary amides is 1. The van der Waals surface area contributed by atoms with Crippen LogP contribution < -0.4 is 5.73 Å². The molecule has 0 radical (unpaired) electrons. The van der Waals surface area contributed by atoms with Gasteiger partial charge in [0.1, 0.15) is 0 Å². The first-order chi connectivity index (χ1) is 5.40. The predicted molar refractivity (Wildman–Crippen MR) is 43.7 cm³/mol. The fourth-order valence-electron chi connectivity index (χ4n) is 0.349. The van der Waals surface area contributed by atoms with E-state index in [0.29, 0.717) is 0 Å². The van der Waals surface area contributed by atoms with E-state index >= 15 is 0 Å². The molecule has 0 saturated heterocycles. The van der Waals surface area contributed by atoms with Gasteiger partial charge in [0.05, 0.1) is 7.11 Å². The first-order valence-corrected chi connectivity index (χ1v) is 3.45. The van der Waals surface area contributed by atoms with Crippen molar-refractivity contribution in [3.05, 3.63) is 0 Å². The van der Waals surface area contributed by atoms with E-state index < -0.39 is 12.1 Å². The Bertz CT molecular complexity index is 144. The molecule has 0 unspecified atom stereocenters. The lowest BCUT2D eigenvalue weighted by Gasteiger charge is -1.94. The lowest BCUT2D eigenvalue weighted by molar-refractivity contribution is -0.137. The molecule has 0 aliphatic carbocycles. The van der Waals surface area contributed by atoms with E-state index in [1.807, 2.05) is 13.8 Å². The van der Waals surface area contributed by atoms with Crippen LogP contribution in [0.15, 0.2) is 0 Å². The van der Waals surface area contributed by atoms with Gasteiger partial charge in [0.25, 0.3) is 0 Å². The molecule has 5 heteroatoms. The largest absolute Gasteiger partial charge is 0.481 e. The van der Waals surface area contributed by atoms with Crippen LogP contribution in [-0.4, -0.2) is 24.3 Å². The summed E-state index contributed by atoms with van der Waals surface area (Å²) in [5.74, 6) is -0.438. The SMILES string of the molecule is CC(C)CC(=O)O.COC(N)=O. The van der Waals surface area contributed by atoms with Gasteiger partial charge in [-0.25, -0.2) is 4.79 Å². The lowest BCUT2D eigenvalue weighted by Crippen LogP contribution is -2.08. The summed E-state index contributed by atoms with van der Waals surface area (Å²) >= 11 is 0. The second kappa shape index (κ2) is 7.84. The minimum atomic E-state index is -0.745. The number of carbonyl (C=O) groups is 2. The monoisotopic (exact) mass is 177 g/mol. The van der Waals surface area contributed by atoms with E-state index in [2.05, 4.69) is 10.5 Å². The van der Waals surface area contributed by atoms with Gasteiger partial charge in [-0.05, 0) is 5.92 Å². The molecule has 72 valence electrons. The summed E-state index contributed by atoms with van der Waals surface area (Å²) in [6.45, 7) is 3.77. The zero-order chi connectivity index (χ0) is 10.1. The van der Waals surface area contributed by atoms with E-state index in [1.54, 1.807) is 0 Å². The number of amides is 1. The number of carboxylic acid groups (broad SMARTS) is 1. The maximum atomic E-state index is 9.81. The second-order valence-electron chi connectivity index (χ2n) is 2.51. The van der Waals surface area contributed by atoms with Crippen molar-refractivity contribution in [2.24, 2.45) is 11.7 Å². The number of hydrogen-bond donors (Lipinski definition) is 2. The van der Waals surface area contributed by atoms with Crippen LogP contribution in [0.25, 0.3) is 0 Å². The highest BCUT2D eigenvalue weighted by Gasteiger charge is 1.98. The molecule has 0 aliphatic heterocycles. The normalized spacial score (nSPS) is 8.33. The van der Waals surface area contributed by atoms with Gasteiger partial charge in [-0.1, -0.05) is 13.8 Å². The molecule has 0 rings (SSSR count). The average molecular weight is 177 g/mol. The molecule has 3 N–H and O–H groups in total. The van der Waals surface area contributed by atoms with E-state index in [1.165, 1.54) is 7.11 Å². The third-order valence-corrected chi connectivity index (χ3v) is 0.784. The molecule has 0 atom stereocenters. The van der Waals surface area contributed by atoms with Gasteiger partial charge in [-0.3, -0.25) is 4.79 Å². The summed E-state index contributed by atoms with van der Waals surface area (Å²) in [7, 11) is 1.22.